The van der Waals surface area contributed by atoms with E-state index in [1.54, 1.807) is 20.2 Å². The van der Waals surface area contributed by atoms with Gasteiger partial charge in [-0.3, -0.25) is 14.3 Å². The number of amides is 2. The van der Waals surface area contributed by atoms with Crippen LogP contribution < -0.4 is 20.1 Å². The zero-order valence-electron chi connectivity index (χ0n) is 20.8. The minimum absolute atomic E-state index is 0.286. The Balaban J connectivity index is 1.68. The SMILES string of the molecule is COc1ccc(/C=C/C(=O)Nc2cnn(C)c2C(=O)NCC(C)C)cc1COc1cccc(C)c1. The fourth-order valence-corrected chi connectivity index (χ4v) is 3.41. The van der Waals surface area contributed by atoms with Gasteiger partial charge in [-0.1, -0.05) is 32.0 Å². The lowest BCUT2D eigenvalue weighted by atomic mass is 10.1. The van der Waals surface area contributed by atoms with Crippen LogP contribution in [0.1, 0.15) is 41.0 Å². The molecule has 0 fully saturated rings. The van der Waals surface area contributed by atoms with E-state index < -0.39 is 0 Å². The maximum absolute atomic E-state index is 12.6. The Morgan fingerprint density at radius 1 is 1.17 bits per heavy atom. The highest BCUT2D eigenvalue weighted by atomic mass is 16.5. The number of carbonyl (C=O) groups excluding carboxylic acids is 2. The molecule has 2 aromatic carbocycles. The topological polar surface area (TPSA) is 94.5 Å². The molecular weight excluding hydrogens is 444 g/mol. The number of nitrogens with zero attached hydrogens (tertiary/aromatic N) is 2. The molecule has 0 atom stereocenters. The van der Waals surface area contributed by atoms with Crippen LogP contribution in [0.5, 0.6) is 11.5 Å². The molecule has 0 unspecified atom stereocenters. The molecule has 3 aromatic rings. The molecule has 0 aliphatic heterocycles. The van der Waals surface area contributed by atoms with Crippen molar-refractivity contribution < 1.29 is 19.1 Å². The van der Waals surface area contributed by atoms with Crippen LogP contribution in [0.3, 0.4) is 0 Å². The summed E-state index contributed by atoms with van der Waals surface area (Å²) in [5, 5.41) is 9.69. The van der Waals surface area contributed by atoms with Gasteiger partial charge in [0.05, 0.1) is 19.0 Å². The molecule has 2 amide bonds. The van der Waals surface area contributed by atoms with Gasteiger partial charge in [-0.25, -0.2) is 0 Å². The Bertz CT molecular complexity index is 1210. The monoisotopic (exact) mass is 476 g/mol. The van der Waals surface area contributed by atoms with Crippen LogP contribution in [-0.4, -0.2) is 35.2 Å². The summed E-state index contributed by atoms with van der Waals surface area (Å²) < 4.78 is 12.8. The van der Waals surface area contributed by atoms with E-state index in [-0.39, 0.29) is 11.8 Å². The zero-order chi connectivity index (χ0) is 25.4. The fourth-order valence-electron chi connectivity index (χ4n) is 3.41. The number of nitrogens with one attached hydrogen (secondary N) is 2. The van der Waals surface area contributed by atoms with Crippen molar-refractivity contribution in [1.82, 2.24) is 15.1 Å². The second-order valence-corrected chi connectivity index (χ2v) is 8.63. The van der Waals surface area contributed by atoms with Gasteiger partial charge < -0.3 is 20.1 Å². The van der Waals surface area contributed by atoms with Gasteiger partial charge in [0.1, 0.15) is 23.8 Å². The number of carbonyl (C=O) groups is 2. The first kappa shape index (κ1) is 25.6. The molecule has 3 rings (SSSR count). The van der Waals surface area contributed by atoms with Gasteiger partial charge in [-0.2, -0.15) is 5.10 Å². The van der Waals surface area contributed by atoms with Gasteiger partial charge in [-0.05, 0) is 54.3 Å². The summed E-state index contributed by atoms with van der Waals surface area (Å²) in [7, 11) is 3.27. The number of methoxy groups -OCH3 is 1. The number of hydrogen-bond acceptors (Lipinski definition) is 5. The zero-order valence-corrected chi connectivity index (χ0v) is 20.8. The highest BCUT2D eigenvalue weighted by Crippen LogP contribution is 2.23. The molecule has 8 nitrogen and oxygen atoms in total. The predicted molar refractivity (Wildman–Crippen MR) is 137 cm³/mol. The molecule has 0 saturated carbocycles. The summed E-state index contributed by atoms with van der Waals surface area (Å²) in [6, 6.07) is 13.4. The summed E-state index contributed by atoms with van der Waals surface area (Å²) in [5.41, 5.74) is 3.43. The maximum Gasteiger partial charge on any atom is 0.271 e. The van der Waals surface area contributed by atoms with E-state index >= 15 is 0 Å². The normalized spacial score (nSPS) is 11.0. The minimum Gasteiger partial charge on any atom is -0.496 e. The molecule has 1 aromatic heterocycles. The smallest absolute Gasteiger partial charge is 0.271 e. The van der Waals surface area contributed by atoms with E-state index in [9.17, 15) is 9.59 Å². The summed E-state index contributed by atoms with van der Waals surface area (Å²) in [4.78, 5) is 25.1. The van der Waals surface area contributed by atoms with E-state index in [1.165, 1.54) is 17.0 Å². The first-order valence-corrected chi connectivity index (χ1v) is 11.4. The summed E-state index contributed by atoms with van der Waals surface area (Å²) in [6.45, 7) is 6.89. The van der Waals surface area contributed by atoms with Gasteiger partial charge >= 0.3 is 0 Å². The van der Waals surface area contributed by atoms with E-state index in [0.717, 1.165) is 22.4 Å². The fraction of sp³-hybridized carbons (Fsp3) is 0.296. The van der Waals surface area contributed by atoms with Crippen LogP contribution in [0.2, 0.25) is 0 Å². The van der Waals surface area contributed by atoms with Crippen LogP contribution in [0.25, 0.3) is 6.08 Å². The van der Waals surface area contributed by atoms with Crippen molar-refractivity contribution in [3.63, 3.8) is 0 Å². The number of benzene rings is 2. The molecule has 0 bridgehead atoms. The molecule has 2 N–H and O–H groups in total. The molecule has 0 spiro atoms. The van der Waals surface area contributed by atoms with E-state index in [0.29, 0.717) is 36.2 Å². The third-order valence-electron chi connectivity index (χ3n) is 5.20. The average molecular weight is 477 g/mol. The largest absolute Gasteiger partial charge is 0.496 e. The number of ether oxygens (including phenoxy) is 2. The van der Waals surface area contributed by atoms with Crippen molar-refractivity contribution in [2.75, 3.05) is 19.0 Å². The lowest BCUT2D eigenvalue weighted by molar-refractivity contribution is -0.111. The van der Waals surface area contributed by atoms with Crippen molar-refractivity contribution in [2.24, 2.45) is 13.0 Å². The van der Waals surface area contributed by atoms with Crippen LogP contribution in [-0.2, 0) is 18.4 Å². The highest BCUT2D eigenvalue weighted by molar-refractivity contribution is 6.06. The van der Waals surface area contributed by atoms with E-state index in [2.05, 4.69) is 15.7 Å². The van der Waals surface area contributed by atoms with Gasteiger partial charge in [0.25, 0.3) is 5.91 Å². The third kappa shape index (κ3) is 7.20. The quantitative estimate of drug-likeness (QED) is 0.424. The maximum atomic E-state index is 12.6. The minimum atomic E-state index is -0.371. The number of rotatable bonds is 10. The Morgan fingerprint density at radius 2 is 1.97 bits per heavy atom. The Labute approximate surface area is 205 Å². The van der Waals surface area contributed by atoms with Crippen molar-refractivity contribution in [2.45, 2.75) is 27.4 Å². The lowest BCUT2D eigenvalue weighted by Crippen LogP contribution is -2.30. The van der Waals surface area contributed by atoms with E-state index in [1.807, 2.05) is 63.2 Å². The number of anilines is 1. The van der Waals surface area contributed by atoms with Crippen LogP contribution in [0.15, 0.2) is 54.7 Å². The van der Waals surface area contributed by atoms with Gasteiger partial charge in [-0.15, -0.1) is 0 Å². The molecule has 0 aliphatic carbocycles. The predicted octanol–water partition coefficient (Wildman–Crippen LogP) is 4.35. The number of hydrogen-bond donors (Lipinski definition) is 2. The first-order chi connectivity index (χ1) is 16.8. The second kappa shape index (κ2) is 11.9. The van der Waals surface area contributed by atoms with Crippen LogP contribution in [0.4, 0.5) is 5.69 Å². The molecule has 0 radical (unpaired) electrons. The van der Waals surface area contributed by atoms with Crippen LogP contribution in [0, 0.1) is 12.8 Å². The lowest BCUT2D eigenvalue weighted by Gasteiger charge is -2.12. The van der Waals surface area contributed by atoms with Gasteiger partial charge in [0, 0.05) is 25.2 Å². The summed E-state index contributed by atoms with van der Waals surface area (Å²) in [6.07, 6.45) is 4.57. The summed E-state index contributed by atoms with van der Waals surface area (Å²) >= 11 is 0. The summed E-state index contributed by atoms with van der Waals surface area (Å²) in [5.74, 6) is 1.13. The average Bonchev–Trinajstić information content (AvgIpc) is 3.19. The second-order valence-electron chi connectivity index (χ2n) is 8.63. The highest BCUT2D eigenvalue weighted by Gasteiger charge is 2.18. The molecule has 0 saturated heterocycles. The third-order valence-corrected chi connectivity index (χ3v) is 5.20. The molecule has 1 heterocycles. The van der Waals surface area contributed by atoms with Crippen molar-refractivity contribution in [1.29, 1.82) is 0 Å². The van der Waals surface area contributed by atoms with Gasteiger partial charge in [0.15, 0.2) is 0 Å². The van der Waals surface area contributed by atoms with Crippen molar-refractivity contribution >= 4 is 23.6 Å². The van der Waals surface area contributed by atoms with Crippen molar-refractivity contribution in [3.05, 3.63) is 77.1 Å². The number of aromatic nitrogens is 2. The Kier molecular flexibility index (Phi) is 8.67. The molecule has 184 valence electrons. The first-order valence-electron chi connectivity index (χ1n) is 11.4. The molecule has 0 aliphatic rings. The van der Waals surface area contributed by atoms with Crippen LogP contribution >= 0.6 is 0 Å². The number of aryl methyl sites for hydroxylation is 2. The standard InChI is InChI=1S/C27H32N4O4/c1-18(2)15-28-27(33)26-23(16-29-31(26)4)30-25(32)12-10-20-9-11-24(34-5)21(14-20)17-35-22-8-6-7-19(3)13-22/h6-14,16,18H,15,17H2,1-5H3,(H,28,33)(H,30,32)/b12-10+. The van der Waals surface area contributed by atoms with Crippen molar-refractivity contribution in [3.8, 4) is 11.5 Å². The Morgan fingerprint density at radius 3 is 2.69 bits per heavy atom. The van der Waals surface area contributed by atoms with E-state index in [4.69, 9.17) is 9.47 Å². The van der Waals surface area contributed by atoms with Gasteiger partial charge in [0.2, 0.25) is 5.91 Å². The molecular formula is C27H32N4O4. The molecule has 35 heavy (non-hydrogen) atoms. The molecule has 8 heteroatoms. The Hall–Kier alpha value is -4.07.